The summed E-state index contributed by atoms with van der Waals surface area (Å²) in [5, 5.41) is 16.0. The molecule has 3 unspecified atom stereocenters. The Kier molecular flexibility index (Phi) is 8.91. The third-order valence-electron chi connectivity index (χ3n) is 8.17. The van der Waals surface area contributed by atoms with Gasteiger partial charge >= 0.3 is 6.18 Å². The zero-order valence-corrected chi connectivity index (χ0v) is 27.7. The number of alkyl halides is 3. The van der Waals surface area contributed by atoms with Gasteiger partial charge in [-0.1, -0.05) is 65.3 Å². The molecule has 5 heterocycles. The number of fused-ring (bicyclic) bond motifs is 1. The van der Waals surface area contributed by atoms with Crippen LogP contribution in [0.5, 0.6) is 0 Å². The van der Waals surface area contributed by atoms with E-state index in [0.717, 1.165) is 11.6 Å². The number of rotatable bonds is 7. The van der Waals surface area contributed by atoms with Crippen LogP contribution < -0.4 is 0 Å². The van der Waals surface area contributed by atoms with Crippen LogP contribution in [-0.4, -0.2) is 61.8 Å². The molecule has 5 aromatic rings. The van der Waals surface area contributed by atoms with Crippen molar-refractivity contribution in [2.45, 2.75) is 49.8 Å². The van der Waals surface area contributed by atoms with Gasteiger partial charge in [-0.25, -0.2) is 14.3 Å². The van der Waals surface area contributed by atoms with Gasteiger partial charge in [0.05, 0.1) is 35.4 Å². The number of hydrogen-bond acceptors (Lipinski definition) is 9. The van der Waals surface area contributed by atoms with E-state index in [1.165, 1.54) is 35.3 Å². The smallest absolute Gasteiger partial charge is 0.376 e. The number of thiazole rings is 1. The molecule has 0 spiro atoms. The minimum Gasteiger partial charge on any atom is -0.376 e. The summed E-state index contributed by atoms with van der Waals surface area (Å²) < 4.78 is 71.3. The quantitative estimate of drug-likeness (QED) is 0.169. The van der Waals surface area contributed by atoms with Crippen LogP contribution in [0.1, 0.15) is 47.9 Å². The molecule has 0 bridgehead atoms. The lowest BCUT2D eigenvalue weighted by Crippen LogP contribution is -2.57. The van der Waals surface area contributed by atoms with E-state index < -0.39 is 48.5 Å². The molecule has 7 rings (SSSR count). The van der Waals surface area contributed by atoms with Gasteiger partial charge in [0.1, 0.15) is 46.3 Å². The molecular weight excluding hydrogens is 692 g/mol. The van der Waals surface area contributed by atoms with Crippen molar-refractivity contribution in [3.63, 3.8) is 0 Å². The summed E-state index contributed by atoms with van der Waals surface area (Å²) in [6.45, 7) is 5.78. The van der Waals surface area contributed by atoms with E-state index in [2.05, 4.69) is 27.0 Å². The van der Waals surface area contributed by atoms with Gasteiger partial charge in [-0.3, -0.25) is 0 Å². The first-order valence-electron chi connectivity index (χ1n) is 14.7. The zero-order chi connectivity index (χ0) is 33.7. The second kappa shape index (κ2) is 13.0. The number of halogens is 5. The van der Waals surface area contributed by atoms with Gasteiger partial charge in [-0.2, -0.15) is 18.3 Å². The van der Waals surface area contributed by atoms with Gasteiger partial charge in [0.2, 0.25) is 0 Å². The first kappa shape index (κ1) is 32.9. The van der Waals surface area contributed by atoms with Crippen molar-refractivity contribution in [3.8, 4) is 16.4 Å². The van der Waals surface area contributed by atoms with Crippen molar-refractivity contribution >= 4 is 40.1 Å². The van der Waals surface area contributed by atoms with Crippen LogP contribution in [0.2, 0.25) is 10.2 Å². The molecule has 0 aliphatic carbocycles. The fraction of sp³-hybridized carbons (Fsp3) is 0.312. The lowest BCUT2D eigenvalue weighted by Gasteiger charge is -2.49. The van der Waals surface area contributed by atoms with E-state index in [1.807, 2.05) is 30.3 Å². The largest absolute Gasteiger partial charge is 0.418 e. The van der Waals surface area contributed by atoms with E-state index in [1.54, 1.807) is 29.2 Å². The molecular formula is C32H27Cl2F3N6O4S. The Morgan fingerprint density at radius 1 is 1.10 bits per heavy atom. The third-order valence-corrected chi connectivity index (χ3v) is 9.59. The second-order valence-electron chi connectivity index (χ2n) is 11.3. The summed E-state index contributed by atoms with van der Waals surface area (Å²) >= 11 is 13.6. The Morgan fingerprint density at radius 2 is 1.90 bits per heavy atom. The molecule has 0 saturated carbocycles. The molecule has 3 aromatic heterocycles. The number of benzene rings is 2. The molecule has 2 saturated heterocycles. The molecule has 0 N–H and O–H groups in total. The lowest BCUT2D eigenvalue weighted by atomic mass is 9.89. The van der Waals surface area contributed by atoms with Gasteiger partial charge in [0.15, 0.2) is 6.29 Å². The van der Waals surface area contributed by atoms with Crippen molar-refractivity contribution in [1.29, 1.82) is 0 Å². The summed E-state index contributed by atoms with van der Waals surface area (Å²) in [4.78, 5) is 4.31. The fourth-order valence-electron chi connectivity index (χ4n) is 5.99. The van der Waals surface area contributed by atoms with Gasteiger partial charge in [-0.05, 0) is 36.8 Å². The molecule has 2 aliphatic rings. The number of methoxy groups -OCH3 is 1. The van der Waals surface area contributed by atoms with Crippen LogP contribution >= 0.6 is 34.5 Å². The molecule has 2 fully saturated rings. The van der Waals surface area contributed by atoms with Gasteiger partial charge < -0.3 is 18.9 Å². The molecule has 16 heteroatoms. The standard InChI is InChI=1S/C32H27Cl2F3N6O4S/c1-16(2)20-12-23(43(40-20)22-11-18(33)9-10-19(22)32(35,36)37)27-29(44-3)26(42-13-21(39-41-42)30-38-25(34)15-48-30)28-24(46-27)14-45-31(47-28)17-7-5-4-6-8-17/h4-13,15,24,26-29,31H,1,14H2,2-3H3/t24?,26-,27-,28-,29?,31?/m0/s1. The van der Waals surface area contributed by atoms with Gasteiger partial charge in [0.25, 0.3) is 0 Å². The van der Waals surface area contributed by atoms with E-state index in [-0.39, 0.29) is 23.0 Å². The van der Waals surface area contributed by atoms with E-state index in [4.69, 9.17) is 42.1 Å². The molecule has 48 heavy (non-hydrogen) atoms. The SMILES string of the molecule is C=C(C)c1cc([C@@H]2OC3COC(c4ccccc4)O[C@@H]3[C@H](n3cc(-c4nc(Cl)cs4)nn3)C2OC)n(-c2cc(Cl)ccc2C(F)(F)F)n1. The minimum atomic E-state index is -4.71. The molecule has 2 aromatic carbocycles. The maximum Gasteiger partial charge on any atom is 0.418 e. The molecule has 6 atom stereocenters. The summed E-state index contributed by atoms with van der Waals surface area (Å²) in [5.41, 5.74) is 1.22. The first-order valence-corrected chi connectivity index (χ1v) is 16.3. The van der Waals surface area contributed by atoms with Crippen LogP contribution in [0, 0.1) is 0 Å². The number of hydrogen-bond donors (Lipinski definition) is 0. The topological polar surface area (TPSA) is 98.3 Å². The predicted molar refractivity (Wildman–Crippen MR) is 172 cm³/mol. The first-order chi connectivity index (χ1) is 23.0. The van der Waals surface area contributed by atoms with Crippen molar-refractivity contribution in [3.05, 3.63) is 105 Å². The number of ether oxygens (including phenoxy) is 4. The number of aromatic nitrogens is 6. The Labute approximate surface area is 286 Å². The van der Waals surface area contributed by atoms with Crippen LogP contribution in [0.3, 0.4) is 0 Å². The predicted octanol–water partition coefficient (Wildman–Crippen LogP) is 7.76. The average Bonchev–Trinajstić information content (AvgIpc) is 3.83. The Morgan fingerprint density at radius 3 is 2.58 bits per heavy atom. The lowest BCUT2D eigenvalue weighted by molar-refractivity contribution is -0.320. The monoisotopic (exact) mass is 718 g/mol. The average molecular weight is 720 g/mol. The molecule has 0 radical (unpaired) electrons. The fourth-order valence-corrected chi connectivity index (χ4v) is 7.06. The highest BCUT2D eigenvalue weighted by molar-refractivity contribution is 7.13. The van der Waals surface area contributed by atoms with Gasteiger partial charge in [0, 0.05) is 23.1 Å². The zero-order valence-electron chi connectivity index (χ0n) is 25.3. The van der Waals surface area contributed by atoms with Crippen molar-refractivity contribution in [2.75, 3.05) is 13.7 Å². The second-order valence-corrected chi connectivity index (χ2v) is 13.0. The summed E-state index contributed by atoms with van der Waals surface area (Å²) in [7, 11) is 1.49. The highest BCUT2D eigenvalue weighted by Gasteiger charge is 2.53. The Hall–Kier alpha value is -3.63. The highest BCUT2D eigenvalue weighted by Crippen LogP contribution is 2.46. The van der Waals surface area contributed by atoms with Crippen molar-refractivity contribution in [2.24, 2.45) is 0 Å². The van der Waals surface area contributed by atoms with Crippen LogP contribution in [0.4, 0.5) is 13.2 Å². The Balaban J connectivity index is 1.36. The summed E-state index contributed by atoms with van der Waals surface area (Å²) in [6.07, 6.45) is -6.99. The van der Waals surface area contributed by atoms with Gasteiger partial charge in [-0.15, -0.1) is 16.4 Å². The van der Waals surface area contributed by atoms with Crippen molar-refractivity contribution in [1.82, 2.24) is 29.8 Å². The van der Waals surface area contributed by atoms with E-state index >= 15 is 0 Å². The van der Waals surface area contributed by atoms with Crippen LogP contribution in [-0.2, 0) is 25.1 Å². The van der Waals surface area contributed by atoms with E-state index in [0.29, 0.717) is 27.1 Å². The van der Waals surface area contributed by atoms with Crippen molar-refractivity contribution < 1.29 is 32.1 Å². The number of allylic oxidation sites excluding steroid dienone is 1. The summed E-state index contributed by atoms with van der Waals surface area (Å²) in [5.74, 6) is 0. The normalized spacial score (nSPS) is 24.4. The number of nitrogens with zero attached hydrogens (tertiary/aromatic N) is 6. The molecule has 0 amide bonds. The maximum atomic E-state index is 14.4. The molecule has 250 valence electrons. The maximum absolute atomic E-state index is 14.4. The summed E-state index contributed by atoms with van der Waals surface area (Å²) in [6, 6.07) is 13.7. The molecule has 2 aliphatic heterocycles. The third kappa shape index (κ3) is 6.17. The minimum absolute atomic E-state index is 0.0978. The van der Waals surface area contributed by atoms with Crippen LogP contribution in [0.15, 0.2) is 72.8 Å². The van der Waals surface area contributed by atoms with E-state index in [9.17, 15) is 13.2 Å². The van der Waals surface area contributed by atoms with Crippen LogP contribution in [0.25, 0.3) is 22.0 Å². The molecule has 10 nitrogen and oxygen atoms in total. The highest BCUT2D eigenvalue weighted by atomic mass is 35.5. The Bertz CT molecular complexity index is 1950.